The van der Waals surface area contributed by atoms with Crippen LogP contribution in [0.4, 0.5) is 0 Å². The zero-order valence-electron chi connectivity index (χ0n) is 7.11. The summed E-state index contributed by atoms with van der Waals surface area (Å²) < 4.78 is 0. The molecule has 0 heterocycles. The van der Waals surface area contributed by atoms with Gasteiger partial charge >= 0.3 is 0 Å². The second kappa shape index (κ2) is 3.18. The molecule has 2 rings (SSSR count). The van der Waals surface area contributed by atoms with Crippen LogP contribution in [0, 0.1) is 11.8 Å². The molecule has 0 unspecified atom stereocenters. The summed E-state index contributed by atoms with van der Waals surface area (Å²) in [5.41, 5.74) is 0. The van der Waals surface area contributed by atoms with Gasteiger partial charge in [0.2, 0.25) is 0 Å². The van der Waals surface area contributed by atoms with Gasteiger partial charge in [0, 0.05) is 0 Å². The van der Waals surface area contributed by atoms with Crippen LogP contribution in [-0.2, 0) is 0 Å². The van der Waals surface area contributed by atoms with E-state index in [1.807, 2.05) is 18.2 Å². The highest BCUT2D eigenvalue weighted by Crippen LogP contribution is 2.34. The lowest BCUT2D eigenvalue weighted by atomic mass is 9.94. The van der Waals surface area contributed by atoms with E-state index in [1.54, 1.807) is 6.08 Å². The summed E-state index contributed by atoms with van der Waals surface area (Å²) in [7, 11) is 0. The maximum atomic E-state index is 9.40. The Morgan fingerprint density at radius 1 is 1.17 bits per heavy atom. The molecule has 2 atom stereocenters. The summed E-state index contributed by atoms with van der Waals surface area (Å²) in [6.07, 6.45) is 13.8. The van der Waals surface area contributed by atoms with Crippen molar-refractivity contribution in [3.8, 4) is 0 Å². The van der Waals surface area contributed by atoms with Crippen LogP contribution in [0.15, 0.2) is 36.1 Å². The maximum absolute atomic E-state index is 9.40. The number of allylic oxidation sites excluding steroid dienone is 5. The molecule has 1 fully saturated rings. The monoisotopic (exact) mass is 162 g/mol. The van der Waals surface area contributed by atoms with Gasteiger partial charge in [-0.1, -0.05) is 24.6 Å². The Kier molecular flexibility index (Phi) is 2.03. The maximum Gasteiger partial charge on any atom is 0.111 e. The van der Waals surface area contributed by atoms with Gasteiger partial charge in [-0.3, -0.25) is 0 Å². The number of fused-ring (bicyclic) bond motifs is 1. The van der Waals surface area contributed by atoms with E-state index in [4.69, 9.17) is 0 Å². The number of hydrogen-bond donors (Lipinski definition) is 1. The summed E-state index contributed by atoms with van der Waals surface area (Å²) in [5, 5.41) is 9.40. The Bertz CT molecular complexity index is 248. The normalized spacial score (nSPS) is 36.5. The predicted molar refractivity (Wildman–Crippen MR) is 49.8 cm³/mol. The topological polar surface area (TPSA) is 20.2 Å². The summed E-state index contributed by atoms with van der Waals surface area (Å²) in [5.74, 6) is 1.67. The Hall–Kier alpha value is -0.980. The van der Waals surface area contributed by atoms with Crippen LogP contribution in [0.5, 0.6) is 0 Å². The minimum absolute atomic E-state index is 0.427. The van der Waals surface area contributed by atoms with Gasteiger partial charge in [-0.05, 0) is 36.8 Å². The first-order valence-electron chi connectivity index (χ1n) is 4.62. The molecule has 1 nitrogen and oxygen atoms in total. The van der Waals surface area contributed by atoms with Crippen LogP contribution in [0.1, 0.15) is 19.3 Å². The van der Waals surface area contributed by atoms with Crippen molar-refractivity contribution in [1.29, 1.82) is 0 Å². The second-order valence-electron chi connectivity index (χ2n) is 3.59. The summed E-state index contributed by atoms with van der Waals surface area (Å²) >= 11 is 0. The molecule has 2 aliphatic carbocycles. The highest BCUT2D eigenvalue weighted by atomic mass is 16.3. The van der Waals surface area contributed by atoms with Gasteiger partial charge in [0.05, 0.1) is 0 Å². The Morgan fingerprint density at radius 2 is 2.00 bits per heavy atom. The summed E-state index contributed by atoms with van der Waals surface area (Å²) in [6.45, 7) is 0. The minimum atomic E-state index is 0.427. The standard InChI is InChI=1S/C11H14O/c12-11-7-2-1-4-9-5-3-6-10(9)8-11/h1-2,4,7-10,12H,3,5-6H2/b4-1+,7-2?,11-8?/t9-,10-/m1/s1. The molecule has 64 valence electrons. The van der Waals surface area contributed by atoms with Crippen LogP contribution in [-0.4, -0.2) is 5.11 Å². The van der Waals surface area contributed by atoms with E-state index < -0.39 is 0 Å². The van der Waals surface area contributed by atoms with Gasteiger partial charge in [-0.15, -0.1) is 0 Å². The molecule has 0 aliphatic heterocycles. The van der Waals surface area contributed by atoms with E-state index in [-0.39, 0.29) is 0 Å². The molecule has 0 aromatic carbocycles. The Morgan fingerprint density at radius 3 is 2.92 bits per heavy atom. The molecular weight excluding hydrogens is 148 g/mol. The number of aliphatic hydroxyl groups excluding tert-OH is 1. The van der Waals surface area contributed by atoms with Crippen molar-refractivity contribution >= 4 is 0 Å². The number of aliphatic hydroxyl groups is 1. The molecule has 0 amide bonds. The first-order valence-corrected chi connectivity index (χ1v) is 4.62. The van der Waals surface area contributed by atoms with Crippen molar-refractivity contribution in [2.24, 2.45) is 11.8 Å². The molecule has 12 heavy (non-hydrogen) atoms. The smallest absolute Gasteiger partial charge is 0.111 e. The van der Waals surface area contributed by atoms with Gasteiger partial charge in [-0.2, -0.15) is 0 Å². The van der Waals surface area contributed by atoms with Gasteiger partial charge in [-0.25, -0.2) is 0 Å². The molecule has 0 aromatic heterocycles. The summed E-state index contributed by atoms with van der Waals surface area (Å²) in [6, 6.07) is 0. The lowest BCUT2D eigenvalue weighted by Gasteiger charge is -2.12. The van der Waals surface area contributed by atoms with Crippen LogP contribution < -0.4 is 0 Å². The highest BCUT2D eigenvalue weighted by molar-refractivity contribution is 5.21. The third kappa shape index (κ3) is 1.45. The van der Waals surface area contributed by atoms with E-state index in [2.05, 4.69) is 6.08 Å². The van der Waals surface area contributed by atoms with Crippen molar-refractivity contribution in [3.63, 3.8) is 0 Å². The van der Waals surface area contributed by atoms with E-state index >= 15 is 0 Å². The fourth-order valence-corrected chi connectivity index (χ4v) is 2.10. The SMILES string of the molecule is OC1=C[C@H]2CCC[C@H]2/C=C/C=C1. The predicted octanol–water partition coefficient (Wildman–Crippen LogP) is 2.97. The van der Waals surface area contributed by atoms with Crippen molar-refractivity contribution in [2.75, 3.05) is 0 Å². The number of hydrogen-bond acceptors (Lipinski definition) is 1. The largest absolute Gasteiger partial charge is 0.508 e. The highest BCUT2D eigenvalue weighted by Gasteiger charge is 2.23. The first-order chi connectivity index (χ1) is 5.86. The molecular formula is C11H14O. The molecule has 1 N–H and O–H groups in total. The third-order valence-electron chi connectivity index (χ3n) is 2.75. The van der Waals surface area contributed by atoms with E-state index in [0.717, 1.165) is 0 Å². The zero-order valence-corrected chi connectivity index (χ0v) is 7.11. The van der Waals surface area contributed by atoms with Crippen molar-refractivity contribution in [2.45, 2.75) is 19.3 Å². The molecule has 0 radical (unpaired) electrons. The Labute approximate surface area is 73.1 Å². The fraction of sp³-hybridized carbons (Fsp3) is 0.455. The van der Waals surface area contributed by atoms with Crippen molar-refractivity contribution in [3.05, 3.63) is 36.1 Å². The van der Waals surface area contributed by atoms with Crippen LogP contribution in [0.3, 0.4) is 0 Å². The molecule has 0 spiro atoms. The quantitative estimate of drug-likeness (QED) is 0.580. The summed E-state index contributed by atoms with van der Waals surface area (Å²) in [4.78, 5) is 0. The molecule has 1 heteroatoms. The molecule has 0 aromatic rings. The lowest BCUT2D eigenvalue weighted by Crippen LogP contribution is -2.03. The van der Waals surface area contributed by atoms with E-state index in [1.165, 1.54) is 19.3 Å². The van der Waals surface area contributed by atoms with Gasteiger partial charge in [0.15, 0.2) is 0 Å². The van der Waals surface area contributed by atoms with Gasteiger partial charge in [0.25, 0.3) is 0 Å². The van der Waals surface area contributed by atoms with Crippen LogP contribution in [0.25, 0.3) is 0 Å². The molecule has 1 saturated carbocycles. The number of rotatable bonds is 0. The average Bonchev–Trinajstić information content (AvgIpc) is 2.42. The zero-order chi connectivity index (χ0) is 8.39. The first kappa shape index (κ1) is 7.66. The van der Waals surface area contributed by atoms with Crippen molar-refractivity contribution in [1.82, 2.24) is 0 Å². The molecule has 2 aliphatic rings. The lowest BCUT2D eigenvalue weighted by molar-refractivity contribution is 0.416. The minimum Gasteiger partial charge on any atom is -0.508 e. The van der Waals surface area contributed by atoms with Crippen LogP contribution in [0.2, 0.25) is 0 Å². The average molecular weight is 162 g/mol. The second-order valence-corrected chi connectivity index (χ2v) is 3.59. The third-order valence-corrected chi connectivity index (χ3v) is 2.75. The van der Waals surface area contributed by atoms with E-state index in [0.29, 0.717) is 17.6 Å². The molecule has 0 bridgehead atoms. The van der Waals surface area contributed by atoms with Crippen molar-refractivity contribution < 1.29 is 5.11 Å². The van der Waals surface area contributed by atoms with Crippen LogP contribution >= 0.6 is 0 Å². The fourth-order valence-electron chi connectivity index (χ4n) is 2.10. The Balaban J connectivity index is 2.25. The van der Waals surface area contributed by atoms with Gasteiger partial charge in [0.1, 0.15) is 5.76 Å². The van der Waals surface area contributed by atoms with E-state index in [9.17, 15) is 5.11 Å². The van der Waals surface area contributed by atoms with Gasteiger partial charge < -0.3 is 5.11 Å². The molecule has 0 saturated heterocycles.